The number of aromatic nitrogens is 2. The monoisotopic (exact) mass is 298 g/mol. The highest BCUT2D eigenvalue weighted by molar-refractivity contribution is 6.01. The van der Waals surface area contributed by atoms with Crippen LogP contribution in [0.2, 0.25) is 0 Å². The van der Waals surface area contributed by atoms with E-state index in [9.17, 15) is 23.1 Å². The molecule has 21 heavy (non-hydrogen) atoms. The van der Waals surface area contributed by atoms with Gasteiger partial charge < -0.3 is 9.67 Å². The van der Waals surface area contributed by atoms with E-state index in [1.54, 1.807) is 0 Å². The van der Waals surface area contributed by atoms with Gasteiger partial charge in [-0.2, -0.15) is 13.2 Å². The number of carboxylic acid groups (broad SMARTS) is 1. The lowest BCUT2D eigenvalue weighted by molar-refractivity contribution is -0.147. The van der Waals surface area contributed by atoms with Crippen molar-refractivity contribution in [2.45, 2.75) is 32.5 Å². The Morgan fingerprint density at radius 3 is 2.52 bits per heavy atom. The summed E-state index contributed by atoms with van der Waals surface area (Å²) in [6.07, 6.45) is -4.05. The van der Waals surface area contributed by atoms with E-state index in [0.29, 0.717) is 6.42 Å². The summed E-state index contributed by atoms with van der Waals surface area (Å²) in [6.45, 7) is 3.71. The Hall–Kier alpha value is -2.05. The van der Waals surface area contributed by atoms with Crippen LogP contribution in [-0.4, -0.2) is 20.6 Å². The van der Waals surface area contributed by atoms with Crippen molar-refractivity contribution in [2.75, 3.05) is 0 Å². The standard InChI is InChI=1S/C14H13F3N2O2/c1-13(2)6-9(13)19-10-7(11(20)21)4-3-5-8(10)18-12(19)14(15,16)17/h3-5,9H,6H2,1-2H3,(H,20,21). The summed E-state index contributed by atoms with van der Waals surface area (Å²) < 4.78 is 40.7. The Labute approximate surface area is 118 Å². The molecule has 1 aliphatic rings. The molecule has 7 heteroatoms. The van der Waals surface area contributed by atoms with Gasteiger partial charge in [-0.05, 0) is 24.0 Å². The molecule has 1 aliphatic carbocycles. The Morgan fingerprint density at radius 1 is 1.43 bits per heavy atom. The van der Waals surface area contributed by atoms with E-state index in [1.807, 2.05) is 13.8 Å². The van der Waals surface area contributed by atoms with Crippen LogP contribution in [0.3, 0.4) is 0 Å². The minimum absolute atomic E-state index is 0.0490. The van der Waals surface area contributed by atoms with Crippen LogP contribution in [-0.2, 0) is 6.18 Å². The van der Waals surface area contributed by atoms with Gasteiger partial charge in [-0.1, -0.05) is 19.9 Å². The van der Waals surface area contributed by atoms with Gasteiger partial charge in [-0.15, -0.1) is 0 Å². The Bertz CT molecular complexity index is 746. The second-order valence-corrected chi connectivity index (χ2v) is 5.99. The minimum Gasteiger partial charge on any atom is -0.478 e. The average molecular weight is 298 g/mol. The van der Waals surface area contributed by atoms with Crippen LogP contribution in [0.1, 0.15) is 42.5 Å². The van der Waals surface area contributed by atoms with Crippen molar-refractivity contribution in [1.29, 1.82) is 0 Å². The van der Waals surface area contributed by atoms with Gasteiger partial charge in [0.2, 0.25) is 5.82 Å². The Balaban J connectivity index is 2.36. The van der Waals surface area contributed by atoms with Gasteiger partial charge in [0.25, 0.3) is 0 Å². The number of carbonyl (C=O) groups is 1. The topological polar surface area (TPSA) is 55.1 Å². The first-order valence-electron chi connectivity index (χ1n) is 6.44. The number of para-hydroxylation sites is 1. The van der Waals surface area contributed by atoms with Crippen LogP contribution in [0, 0.1) is 5.41 Å². The third kappa shape index (κ3) is 2.07. The van der Waals surface area contributed by atoms with Crippen molar-refractivity contribution in [3.63, 3.8) is 0 Å². The SMILES string of the molecule is CC1(C)CC1n1c(C(F)(F)F)nc2cccc(C(=O)O)c21. The molecule has 0 bridgehead atoms. The van der Waals surface area contributed by atoms with Crippen LogP contribution in [0.4, 0.5) is 13.2 Å². The molecular formula is C14H13F3N2O2. The van der Waals surface area contributed by atoms with Gasteiger partial charge in [0.05, 0.1) is 16.6 Å². The minimum atomic E-state index is -4.62. The predicted octanol–water partition coefficient (Wildman–Crippen LogP) is 3.72. The first kappa shape index (κ1) is 13.9. The molecule has 3 rings (SSSR count). The van der Waals surface area contributed by atoms with E-state index in [1.165, 1.54) is 18.2 Å². The largest absolute Gasteiger partial charge is 0.478 e. The number of halogens is 3. The maximum Gasteiger partial charge on any atom is 0.449 e. The Kier molecular flexibility index (Phi) is 2.64. The molecule has 0 aliphatic heterocycles. The number of aromatic carboxylic acids is 1. The number of rotatable bonds is 2. The maximum atomic E-state index is 13.2. The molecule has 1 aromatic heterocycles. The van der Waals surface area contributed by atoms with Crippen molar-refractivity contribution >= 4 is 17.0 Å². The number of fused-ring (bicyclic) bond motifs is 1. The molecule has 1 atom stereocenters. The van der Waals surface area contributed by atoms with Crippen LogP contribution in [0.5, 0.6) is 0 Å². The van der Waals surface area contributed by atoms with E-state index < -0.39 is 18.0 Å². The number of hydrogen-bond acceptors (Lipinski definition) is 2. The van der Waals surface area contributed by atoms with Gasteiger partial charge in [0.1, 0.15) is 0 Å². The van der Waals surface area contributed by atoms with Gasteiger partial charge in [-0.25, -0.2) is 9.78 Å². The fraction of sp³-hybridized carbons (Fsp3) is 0.429. The highest BCUT2D eigenvalue weighted by Crippen LogP contribution is 2.57. The molecule has 1 saturated carbocycles. The van der Waals surface area contributed by atoms with Crippen molar-refractivity contribution in [3.8, 4) is 0 Å². The molecule has 1 aromatic carbocycles. The zero-order valence-corrected chi connectivity index (χ0v) is 11.4. The normalized spacial score (nSPS) is 20.7. The summed E-state index contributed by atoms with van der Waals surface area (Å²) in [6, 6.07) is 3.72. The molecule has 0 radical (unpaired) electrons. The van der Waals surface area contributed by atoms with Crippen molar-refractivity contribution in [1.82, 2.24) is 9.55 Å². The fourth-order valence-corrected chi connectivity index (χ4v) is 2.70. The average Bonchev–Trinajstić information content (AvgIpc) is 2.83. The number of alkyl halides is 3. The lowest BCUT2D eigenvalue weighted by Crippen LogP contribution is -2.16. The number of benzene rings is 1. The molecule has 4 nitrogen and oxygen atoms in total. The first-order valence-corrected chi connectivity index (χ1v) is 6.44. The number of nitrogens with zero attached hydrogens (tertiary/aromatic N) is 2. The number of hydrogen-bond donors (Lipinski definition) is 1. The molecule has 1 heterocycles. The third-order valence-electron chi connectivity index (χ3n) is 3.97. The highest BCUT2D eigenvalue weighted by Gasteiger charge is 2.52. The molecule has 1 N–H and O–H groups in total. The number of imidazole rings is 1. The fourth-order valence-electron chi connectivity index (χ4n) is 2.70. The lowest BCUT2D eigenvalue weighted by atomic mass is 10.1. The molecule has 1 unspecified atom stereocenters. The number of carboxylic acids is 1. The maximum absolute atomic E-state index is 13.2. The van der Waals surface area contributed by atoms with Crippen molar-refractivity contribution < 1.29 is 23.1 Å². The van der Waals surface area contributed by atoms with Gasteiger partial charge in [0, 0.05) is 6.04 Å². The molecule has 2 aromatic rings. The molecule has 112 valence electrons. The van der Waals surface area contributed by atoms with Gasteiger partial charge >= 0.3 is 12.1 Å². The zero-order valence-electron chi connectivity index (χ0n) is 11.4. The van der Waals surface area contributed by atoms with Gasteiger partial charge in [0.15, 0.2) is 0 Å². The predicted molar refractivity (Wildman–Crippen MR) is 69.1 cm³/mol. The lowest BCUT2D eigenvalue weighted by Gasteiger charge is -2.13. The molecule has 0 spiro atoms. The first-order chi connectivity index (χ1) is 9.63. The van der Waals surface area contributed by atoms with Crippen LogP contribution in [0.25, 0.3) is 11.0 Å². The quantitative estimate of drug-likeness (QED) is 0.919. The second-order valence-electron chi connectivity index (χ2n) is 5.99. The zero-order chi connectivity index (χ0) is 15.6. The summed E-state index contributed by atoms with van der Waals surface area (Å²) >= 11 is 0. The molecular weight excluding hydrogens is 285 g/mol. The van der Waals surface area contributed by atoms with Gasteiger partial charge in [-0.3, -0.25) is 0 Å². The van der Waals surface area contributed by atoms with Crippen LogP contribution >= 0.6 is 0 Å². The van der Waals surface area contributed by atoms with Crippen molar-refractivity contribution in [2.24, 2.45) is 5.41 Å². The Morgan fingerprint density at radius 2 is 2.05 bits per heavy atom. The van der Waals surface area contributed by atoms with Crippen LogP contribution in [0.15, 0.2) is 18.2 Å². The van der Waals surface area contributed by atoms with Crippen molar-refractivity contribution in [3.05, 3.63) is 29.6 Å². The second kappa shape index (κ2) is 3.99. The summed E-state index contributed by atoms with van der Waals surface area (Å²) in [5, 5.41) is 9.23. The summed E-state index contributed by atoms with van der Waals surface area (Å²) in [5.74, 6) is -2.28. The third-order valence-corrected chi connectivity index (χ3v) is 3.97. The van der Waals surface area contributed by atoms with E-state index in [0.717, 1.165) is 4.57 Å². The summed E-state index contributed by atoms with van der Waals surface area (Å²) in [5.41, 5.74) is -0.338. The summed E-state index contributed by atoms with van der Waals surface area (Å²) in [4.78, 5) is 14.9. The van der Waals surface area contributed by atoms with E-state index in [2.05, 4.69) is 4.98 Å². The smallest absolute Gasteiger partial charge is 0.449 e. The van der Waals surface area contributed by atoms with E-state index in [4.69, 9.17) is 0 Å². The van der Waals surface area contributed by atoms with Crippen LogP contribution < -0.4 is 0 Å². The molecule has 0 amide bonds. The van der Waals surface area contributed by atoms with E-state index in [-0.39, 0.29) is 28.1 Å². The molecule has 1 fully saturated rings. The summed E-state index contributed by atoms with van der Waals surface area (Å²) in [7, 11) is 0. The highest BCUT2D eigenvalue weighted by atomic mass is 19.4. The van der Waals surface area contributed by atoms with E-state index >= 15 is 0 Å². The molecule has 0 saturated heterocycles.